The molecule has 4 N–H and O–H groups in total. The smallest absolute Gasteiger partial charge is 0.220 e. The zero-order valence-electron chi connectivity index (χ0n) is 12.6. The van der Waals surface area contributed by atoms with Gasteiger partial charge >= 0.3 is 0 Å². The number of anilines is 1. The summed E-state index contributed by atoms with van der Waals surface area (Å²) in [6, 6.07) is 7.52. The van der Waals surface area contributed by atoms with Gasteiger partial charge < -0.3 is 16.2 Å². The summed E-state index contributed by atoms with van der Waals surface area (Å²) in [5.41, 5.74) is 6.58. The lowest BCUT2D eigenvalue weighted by atomic mass is 9.94. The fourth-order valence-electron chi connectivity index (χ4n) is 2.27. The molecule has 1 aromatic rings. The van der Waals surface area contributed by atoms with Crippen molar-refractivity contribution < 1.29 is 9.90 Å². The fraction of sp³-hybridized carbons (Fsp3) is 0.562. The van der Waals surface area contributed by atoms with Crippen LogP contribution in [0.4, 0.5) is 5.69 Å². The zero-order chi connectivity index (χ0) is 15.2. The second-order valence-electron chi connectivity index (χ2n) is 6.11. The lowest BCUT2D eigenvalue weighted by Gasteiger charge is -2.25. The van der Waals surface area contributed by atoms with Gasteiger partial charge in [0.2, 0.25) is 5.91 Å². The van der Waals surface area contributed by atoms with E-state index in [-0.39, 0.29) is 5.91 Å². The molecule has 4 heteroatoms. The van der Waals surface area contributed by atoms with Crippen molar-refractivity contribution in [3.05, 3.63) is 29.8 Å². The summed E-state index contributed by atoms with van der Waals surface area (Å²) < 4.78 is 0. The minimum absolute atomic E-state index is 0.0362. The molecule has 0 aliphatic carbocycles. The summed E-state index contributed by atoms with van der Waals surface area (Å²) >= 11 is 0. The van der Waals surface area contributed by atoms with Crippen LogP contribution in [0, 0.1) is 5.92 Å². The van der Waals surface area contributed by atoms with E-state index in [0.717, 1.165) is 11.3 Å². The van der Waals surface area contributed by atoms with E-state index in [2.05, 4.69) is 19.2 Å². The van der Waals surface area contributed by atoms with Gasteiger partial charge in [-0.2, -0.15) is 0 Å². The Labute approximate surface area is 121 Å². The van der Waals surface area contributed by atoms with Crippen LogP contribution in [0.5, 0.6) is 0 Å². The molecule has 20 heavy (non-hydrogen) atoms. The minimum Gasteiger partial charge on any atom is -0.399 e. The summed E-state index contributed by atoms with van der Waals surface area (Å²) in [4.78, 5) is 11.8. The van der Waals surface area contributed by atoms with Gasteiger partial charge in [0.05, 0.1) is 5.60 Å². The Morgan fingerprint density at radius 1 is 1.35 bits per heavy atom. The van der Waals surface area contributed by atoms with Crippen LogP contribution in [-0.4, -0.2) is 23.2 Å². The van der Waals surface area contributed by atoms with Crippen molar-refractivity contribution in [2.24, 2.45) is 5.92 Å². The maximum Gasteiger partial charge on any atom is 0.220 e. The third-order valence-corrected chi connectivity index (χ3v) is 3.13. The Hall–Kier alpha value is -1.55. The number of aryl methyl sites for hydroxylation is 1. The van der Waals surface area contributed by atoms with Crippen molar-refractivity contribution in [3.8, 4) is 0 Å². The predicted octanol–water partition coefficient (Wildman–Crippen LogP) is 2.11. The monoisotopic (exact) mass is 278 g/mol. The number of nitrogens with two attached hydrogens (primary N) is 1. The number of benzene rings is 1. The third-order valence-electron chi connectivity index (χ3n) is 3.13. The molecule has 1 atom stereocenters. The van der Waals surface area contributed by atoms with E-state index >= 15 is 0 Å². The normalized spacial score (nSPS) is 14.1. The molecule has 4 nitrogen and oxygen atoms in total. The highest BCUT2D eigenvalue weighted by Crippen LogP contribution is 2.15. The largest absolute Gasteiger partial charge is 0.399 e. The zero-order valence-corrected chi connectivity index (χ0v) is 12.6. The van der Waals surface area contributed by atoms with Crippen molar-refractivity contribution in [2.75, 3.05) is 12.3 Å². The van der Waals surface area contributed by atoms with Crippen molar-refractivity contribution in [1.29, 1.82) is 0 Å². The maximum absolute atomic E-state index is 11.8. The number of amides is 1. The molecule has 0 radical (unpaired) electrons. The van der Waals surface area contributed by atoms with Gasteiger partial charge in [-0.3, -0.25) is 4.79 Å². The van der Waals surface area contributed by atoms with Gasteiger partial charge in [0.1, 0.15) is 0 Å². The quantitative estimate of drug-likeness (QED) is 0.669. The molecule has 1 rings (SSSR count). The Bertz CT molecular complexity index is 425. The maximum atomic E-state index is 11.8. The molecule has 0 aliphatic rings. The molecule has 1 amide bonds. The van der Waals surface area contributed by atoms with E-state index in [1.54, 1.807) is 6.92 Å². The highest BCUT2D eigenvalue weighted by atomic mass is 16.3. The van der Waals surface area contributed by atoms with Crippen LogP contribution < -0.4 is 11.1 Å². The average molecular weight is 278 g/mol. The van der Waals surface area contributed by atoms with E-state index in [4.69, 9.17) is 5.73 Å². The van der Waals surface area contributed by atoms with Crippen LogP contribution in [0.1, 0.15) is 39.2 Å². The van der Waals surface area contributed by atoms with Gasteiger partial charge in [0.25, 0.3) is 0 Å². The number of nitrogens with one attached hydrogen (secondary N) is 1. The fourth-order valence-corrected chi connectivity index (χ4v) is 2.27. The van der Waals surface area contributed by atoms with Crippen molar-refractivity contribution in [2.45, 2.75) is 45.6 Å². The number of carbonyl (C=O) groups excluding carboxylic acids is 1. The lowest BCUT2D eigenvalue weighted by Crippen LogP contribution is -2.41. The van der Waals surface area contributed by atoms with Gasteiger partial charge in [-0.25, -0.2) is 0 Å². The molecule has 0 spiro atoms. The van der Waals surface area contributed by atoms with Crippen LogP contribution in [0.15, 0.2) is 24.3 Å². The van der Waals surface area contributed by atoms with Gasteiger partial charge in [0, 0.05) is 18.7 Å². The highest BCUT2D eigenvalue weighted by molar-refractivity contribution is 5.76. The van der Waals surface area contributed by atoms with Crippen molar-refractivity contribution >= 4 is 11.6 Å². The Morgan fingerprint density at radius 3 is 2.50 bits per heavy atom. The summed E-state index contributed by atoms with van der Waals surface area (Å²) in [5, 5.41) is 12.9. The van der Waals surface area contributed by atoms with Crippen molar-refractivity contribution in [1.82, 2.24) is 5.32 Å². The number of carbonyl (C=O) groups is 1. The summed E-state index contributed by atoms with van der Waals surface area (Å²) in [6.07, 6.45) is 1.77. The first-order chi connectivity index (χ1) is 9.28. The number of nitrogen functional groups attached to an aromatic ring is 1. The van der Waals surface area contributed by atoms with E-state index in [0.29, 0.717) is 31.7 Å². The molecule has 0 aromatic heterocycles. The van der Waals surface area contributed by atoms with Crippen LogP contribution in [0.25, 0.3) is 0 Å². The topological polar surface area (TPSA) is 75.3 Å². The van der Waals surface area contributed by atoms with Gasteiger partial charge in [0.15, 0.2) is 0 Å². The Morgan fingerprint density at radius 2 is 1.95 bits per heavy atom. The minimum atomic E-state index is -0.842. The summed E-state index contributed by atoms with van der Waals surface area (Å²) in [5.74, 6) is 0.363. The van der Waals surface area contributed by atoms with Crippen molar-refractivity contribution in [3.63, 3.8) is 0 Å². The first-order valence-corrected chi connectivity index (χ1v) is 7.12. The van der Waals surface area contributed by atoms with Crippen LogP contribution in [0.3, 0.4) is 0 Å². The van der Waals surface area contributed by atoms with Gasteiger partial charge in [-0.1, -0.05) is 26.0 Å². The second kappa shape index (κ2) is 7.29. The Kier molecular flexibility index (Phi) is 6.02. The predicted molar refractivity (Wildman–Crippen MR) is 82.3 cm³/mol. The summed E-state index contributed by atoms with van der Waals surface area (Å²) in [7, 11) is 0. The van der Waals surface area contributed by atoms with E-state index in [9.17, 15) is 9.90 Å². The van der Waals surface area contributed by atoms with Crippen LogP contribution in [0.2, 0.25) is 0 Å². The molecule has 0 heterocycles. The van der Waals surface area contributed by atoms with Gasteiger partial charge in [-0.05, 0) is 43.4 Å². The molecular formula is C16H26N2O2. The standard InChI is InChI=1S/C16H26N2O2/c1-12(2)10-16(3,20)11-18-15(19)9-6-13-4-7-14(17)8-5-13/h4-5,7-8,12,20H,6,9-11,17H2,1-3H3,(H,18,19). The third kappa shape index (κ3) is 6.57. The molecule has 0 bridgehead atoms. The van der Waals surface area contributed by atoms with Gasteiger partial charge in [-0.15, -0.1) is 0 Å². The first kappa shape index (κ1) is 16.5. The first-order valence-electron chi connectivity index (χ1n) is 7.12. The molecule has 1 aromatic carbocycles. The highest BCUT2D eigenvalue weighted by Gasteiger charge is 2.22. The number of hydrogen-bond acceptors (Lipinski definition) is 3. The SMILES string of the molecule is CC(C)CC(C)(O)CNC(=O)CCc1ccc(N)cc1. The van der Waals surface area contributed by atoms with Crippen LogP contribution in [-0.2, 0) is 11.2 Å². The average Bonchev–Trinajstić information content (AvgIpc) is 2.34. The van der Waals surface area contributed by atoms with E-state index in [1.165, 1.54) is 0 Å². The van der Waals surface area contributed by atoms with Crippen LogP contribution >= 0.6 is 0 Å². The number of aliphatic hydroxyl groups is 1. The molecule has 0 saturated heterocycles. The summed E-state index contributed by atoms with van der Waals surface area (Å²) in [6.45, 7) is 6.16. The molecule has 112 valence electrons. The lowest BCUT2D eigenvalue weighted by molar-refractivity contribution is -0.122. The number of hydrogen-bond donors (Lipinski definition) is 3. The van der Waals surface area contributed by atoms with E-state index < -0.39 is 5.60 Å². The molecule has 0 aliphatic heterocycles. The second-order valence-corrected chi connectivity index (χ2v) is 6.11. The molecule has 0 saturated carbocycles. The Balaban J connectivity index is 2.32. The molecule has 1 unspecified atom stereocenters. The molecule has 0 fully saturated rings. The van der Waals surface area contributed by atoms with E-state index in [1.807, 2.05) is 24.3 Å². The molecular weight excluding hydrogens is 252 g/mol. The number of rotatable bonds is 7.